The molecule has 1 aromatic carbocycles. The standard InChI is InChI=1S/C24H35N5O2.HI/c1-5-25-24(28(4)12-14-31-22-9-7-6-8-19(22)2)27-17-21-10-11-26-23(16-21)29-13-15-30-20(3)18-29;/h6-11,16,20H,5,12-15,17-18H2,1-4H3,(H,25,27);1H. The van der Waals surface area contributed by atoms with E-state index in [1.165, 1.54) is 0 Å². The van der Waals surface area contributed by atoms with E-state index < -0.39 is 0 Å². The normalized spacial score (nSPS) is 16.3. The molecule has 1 saturated heterocycles. The highest BCUT2D eigenvalue weighted by atomic mass is 127. The summed E-state index contributed by atoms with van der Waals surface area (Å²) in [6, 6.07) is 12.2. The maximum absolute atomic E-state index is 5.94. The molecule has 0 bridgehead atoms. The molecule has 3 rings (SSSR count). The van der Waals surface area contributed by atoms with E-state index in [2.05, 4.69) is 53.0 Å². The van der Waals surface area contributed by atoms with E-state index in [4.69, 9.17) is 14.5 Å². The smallest absolute Gasteiger partial charge is 0.194 e. The van der Waals surface area contributed by atoms with Gasteiger partial charge in [0.25, 0.3) is 0 Å². The van der Waals surface area contributed by atoms with E-state index in [0.29, 0.717) is 13.2 Å². The van der Waals surface area contributed by atoms with Crippen molar-refractivity contribution in [3.63, 3.8) is 0 Å². The van der Waals surface area contributed by atoms with E-state index >= 15 is 0 Å². The lowest BCUT2D eigenvalue weighted by Gasteiger charge is -2.32. The highest BCUT2D eigenvalue weighted by Crippen LogP contribution is 2.17. The zero-order chi connectivity index (χ0) is 22.1. The van der Waals surface area contributed by atoms with Crippen molar-refractivity contribution < 1.29 is 9.47 Å². The van der Waals surface area contributed by atoms with Gasteiger partial charge in [0, 0.05) is 32.9 Å². The van der Waals surface area contributed by atoms with Crippen molar-refractivity contribution in [3.8, 4) is 5.75 Å². The van der Waals surface area contributed by atoms with Gasteiger partial charge < -0.3 is 24.6 Å². The largest absolute Gasteiger partial charge is 0.491 e. The number of pyridine rings is 1. The average Bonchev–Trinajstić information content (AvgIpc) is 2.78. The van der Waals surface area contributed by atoms with Crippen molar-refractivity contribution in [2.45, 2.75) is 33.4 Å². The molecule has 8 heteroatoms. The molecule has 0 spiro atoms. The summed E-state index contributed by atoms with van der Waals surface area (Å²) in [6.45, 7) is 11.5. The number of hydrogen-bond acceptors (Lipinski definition) is 5. The summed E-state index contributed by atoms with van der Waals surface area (Å²) in [5.41, 5.74) is 2.29. The first-order valence-electron chi connectivity index (χ1n) is 11.1. The molecular weight excluding hydrogens is 517 g/mol. The Morgan fingerprint density at radius 3 is 2.91 bits per heavy atom. The third-order valence-electron chi connectivity index (χ3n) is 5.26. The number of nitrogens with one attached hydrogen (secondary N) is 1. The minimum absolute atomic E-state index is 0. The van der Waals surface area contributed by atoms with Gasteiger partial charge in [0.1, 0.15) is 18.2 Å². The van der Waals surface area contributed by atoms with Crippen LogP contribution < -0.4 is 15.0 Å². The van der Waals surface area contributed by atoms with Crippen LogP contribution in [0.5, 0.6) is 5.75 Å². The number of guanidine groups is 1. The summed E-state index contributed by atoms with van der Waals surface area (Å²) in [4.78, 5) is 13.8. The lowest BCUT2D eigenvalue weighted by Crippen LogP contribution is -2.41. The molecule has 1 aliphatic rings. The van der Waals surface area contributed by atoms with Crippen LogP contribution in [-0.2, 0) is 11.3 Å². The maximum atomic E-state index is 5.94. The summed E-state index contributed by atoms with van der Waals surface area (Å²) < 4.78 is 11.6. The van der Waals surface area contributed by atoms with Gasteiger partial charge in [-0.2, -0.15) is 0 Å². The number of aryl methyl sites for hydroxylation is 1. The summed E-state index contributed by atoms with van der Waals surface area (Å²) >= 11 is 0. The summed E-state index contributed by atoms with van der Waals surface area (Å²) in [5.74, 6) is 2.79. The lowest BCUT2D eigenvalue weighted by atomic mass is 10.2. The van der Waals surface area contributed by atoms with Crippen LogP contribution in [0.25, 0.3) is 0 Å². The van der Waals surface area contributed by atoms with Gasteiger partial charge in [-0.3, -0.25) is 0 Å². The van der Waals surface area contributed by atoms with Gasteiger partial charge in [-0.05, 0) is 50.1 Å². The Morgan fingerprint density at radius 2 is 2.16 bits per heavy atom. The van der Waals surface area contributed by atoms with Crippen molar-refractivity contribution >= 4 is 35.8 Å². The number of benzene rings is 1. The molecule has 1 atom stereocenters. The van der Waals surface area contributed by atoms with Crippen LogP contribution in [0.2, 0.25) is 0 Å². The first-order chi connectivity index (χ1) is 15.1. The summed E-state index contributed by atoms with van der Waals surface area (Å²) in [7, 11) is 2.04. The van der Waals surface area contributed by atoms with Gasteiger partial charge in [-0.25, -0.2) is 9.98 Å². The fourth-order valence-electron chi connectivity index (χ4n) is 3.51. The molecule has 2 aromatic rings. The van der Waals surface area contributed by atoms with Crippen molar-refractivity contribution in [1.29, 1.82) is 0 Å². The molecule has 1 fully saturated rings. The zero-order valence-corrected chi connectivity index (χ0v) is 21.9. The highest BCUT2D eigenvalue weighted by molar-refractivity contribution is 14.0. The predicted octanol–water partition coefficient (Wildman–Crippen LogP) is 3.71. The fourth-order valence-corrected chi connectivity index (χ4v) is 3.51. The molecule has 7 nitrogen and oxygen atoms in total. The Labute approximate surface area is 209 Å². The number of ether oxygens (including phenoxy) is 2. The third-order valence-corrected chi connectivity index (χ3v) is 5.26. The van der Waals surface area contributed by atoms with Gasteiger partial charge in [0.2, 0.25) is 0 Å². The first kappa shape index (κ1) is 26.2. The number of likely N-dealkylation sites (N-methyl/N-ethyl adjacent to an activating group) is 1. The number of nitrogens with zero attached hydrogens (tertiary/aromatic N) is 4. The van der Waals surface area contributed by atoms with E-state index in [0.717, 1.165) is 61.4 Å². The molecular formula is C24H36IN5O2. The van der Waals surface area contributed by atoms with Crippen molar-refractivity contribution in [3.05, 3.63) is 53.7 Å². The second-order valence-electron chi connectivity index (χ2n) is 7.86. The van der Waals surface area contributed by atoms with E-state index in [9.17, 15) is 0 Å². The van der Waals surface area contributed by atoms with Gasteiger partial charge >= 0.3 is 0 Å². The van der Waals surface area contributed by atoms with Crippen molar-refractivity contribution in [2.75, 3.05) is 51.3 Å². The minimum atomic E-state index is 0. The maximum Gasteiger partial charge on any atom is 0.194 e. The zero-order valence-electron chi connectivity index (χ0n) is 19.6. The Kier molecular flexibility index (Phi) is 11.0. The Hall–Kier alpha value is -2.07. The number of hydrogen-bond donors (Lipinski definition) is 1. The Bertz CT molecular complexity index is 864. The first-order valence-corrected chi connectivity index (χ1v) is 11.1. The summed E-state index contributed by atoms with van der Waals surface area (Å²) in [5, 5.41) is 3.37. The number of anilines is 1. The number of para-hydroxylation sites is 1. The number of morpholine rings is 1. The molecule has 1 unspecified atom stereocenters. The monoisotopic (exact) mass is 553 g/mol. The number of aromatic nitrogens is 1. The molecule has 0 aliphatic carbocycles. The molecule has 1 N–H and O–H groups in total. The molecule has 1 aliphatic heterocycles. The second-order valence-corrected chi connectivity index (χ2v) is 7.86. The quantitative estimate of drug-likeness (QED) is 0.306. The molecule has 1 aromatic heterocycles. The van der Waals surface area contributed by atoms with Crippen molar-refractivity contribution in [2.24, 2.45) is 4.99 Å². The van der Waals surface area contributed by atoms with Gasteiger partial charge in [-0.15, -0.1) is 24.0 Å². The number of rotatable bonds is 8. The van der Waals surface area contributed by atoms with Crippen molar-refractivity contribution in [1.82, 2.24) is 15.2 Å². The molecule has 0 radical (unpaired) electrons. The lowest BCUT2D eigenvalue weighted by molar-refractivity contribution is 0.0529. The Morgan fingerprint density at radius 1 is 1.34 bits per heavy atom. The SMILES string of the molecule is CCNC(=NCc1ccnc(N2CCOC(C)C2)c1)N(C)CCOc1ccccc1C.I. The fraction of sp³-hybridized carbons (Fsp3) is 0.500. The third kappa shape index (κ3) is 7.81. The summed E-state index contributed by atoms with van der Waals surface area (Å²) in [6.07, 6.45) is 2.10. The van der Waals surface area contributed by atoms with Crippen LogP contribution >= 0.6 is 24.0 Å². The highest BCUT2D eigenvalue weighted by Gasteiger charge is 2.18. The minimum Gasteiger partial charge on any atom is -0.491 e. The molecule has 176 valence electrons. The van der Waals surface area contributed by atoms with E-state index in [-0.39, 0.29) is 30.1 Å². The van der Waals surface area contributed by atoms with Gasteiger partial charge in [0.05, 0.1) is 25.8 Å². The molecule has 0 saturated carbocycles. The average molecular weight is 553 g/mol. The Balaban J connectivity index is 0.00000363. The van der Waals surface area contributed by atoms with Gasteiger partial charge in [0.15, 0.2) is 5.96 Å². The van der Waals surface area contributed by atoms with Crippen LogP contribution in [-0.4, -0.2) is 68.4 Å². The van der Waals surface area contributed by atoms with E-state index in [1.807, 2.05) is 37.5 Å². The molecule has 0 amide bonds. The van der Waals surface area contributed by atoms with E-state index in [1.54, 1.807) is 0 Å². The van der Waals surface area contributed by atoms with Crippen LogP contribution in [0.3, 0.4) is 0 Å². The second kappa shape index (κ2) is 13.5. The van der Waals surface area contributed by atoms with Gasteiger partial charge in [-0.1, -0.05) is 18.2 Å². The molecule has 2 heterocycles. The van der Waals surface area contributed by atoms with Crippen LogP contribution in [0.4, 0.5) is 5.82 Å². The topological polar surface area (TPSA) is 62.2 Å². The molecule has 32 heavy (non-hydrogen) atoms. The predicted molar refractivity (Wildman–Crippen MR) is 141 cm³/mol. The van der Waals surface area contributed by atoms with Crippen LogP contribution in [0.1, 0.15) is 25.0 Å². The number of aliphatic imine (C=N–C) groups is 1. The number of halogens is 1. The van der Waals surface area contributed by atoms with Crippen LogP contribution in [0.15, 0.2) is 47.6 Å². The van der Waals surface area contributed by atoms with Crippen LogP contribution in [0, 0.1) is 6.92 Å².